The third-order valence-electron chi connectivity index (χ3n) is 1.88. The van der Waals surface area contributed by atoms with E-state index in [1.54, 1.807) is 15.6 Å². The molecule has 0 fully saturated rings. The van der Waals surface area contributed by atoms with Crippen molar-refractivity contribution in [3.05, 3.63) is 35.9 Å². The molecule has 0 N–H and O–H groups in total. The van der Waals surface area contributed by atoms with Gasteiger partial charge in [-0.05, 0) is 6.07 Å². The van der Waals surface area contributed by atoms with Crippen molar-refractivity contribution in [1.82, 2.24) is 19.6 Å². The zero-order valence-electron chi connectivity index (χ0n) is 7.79. The topological polar surface area (TPSA) is 52.7 Å². The van der Waals surface area contributed by atoms with E-state index in [1.165, 1.54) is 6.20 Å². The van der Waals surface area contributed by atoms with Crippen LogP contribution in [0.25, 0.3) is 0 Å². The number of rotatable bonds is 3. The minimum Gasteiger partial charge on any atom is -0.298 e. The Balaban J connectivity index is 2.14. The van der Waals surface area contributed by atoms with Gasteiger partial charge in [-0.1, -0.05) is 0 Å². The van der Waals surface area contributed by atoms with Crippen molar-refractivity contribution >= 4 is 6.29 Å². The van der Waals surface area contributed by atoms with Gasteiger partial charge in [0.1, 0.15) is 0 Å². The molecular formula is C9H10N4O. The first-order valence-electron chi connectivity index (χ1n) is 4.24. The van der Waals surface area contributed by atoms with Crippen LogP contribution < -0.4 is 0 Å². The van der Waals surface area contributed by atoms with Gasteiger partial charge in [-0.2, -0.15) is 10.2 Å². The predicted molar refractivity (Wildman–Crippen MR) is 49.9 cm³/mol. The van der Waals surface area contributed by atoms with E-state index in [2.05, 4.69) is 10.2 Å². The van der Waals surface area contributed by atoms with E-state index in [-0.39, 0.29) is 0 Å². The Morgan fingerprint density at radius 2 is 2.43 bits per heavy atom. The summed E-state index contributed by atoms with van der Waals surface area (Å²) in [4.78, 5) is 10.4. The molecule has 0 aliphatic rings. The standard InChI is InChI=1S/C9H10N4O/c1-12-3-2-9(11-12)6-13-5-8(7-14)4-10-13/h2-5,7H,6H2,1H3. The normalized spacial score (nSPS) is 10.4. The van der Waals surface area contributed by atoms with Crippen LogP contribution in [0.4, 0.5) is 0 Å². The van der Waals surface area contributed by atoms with E-state index in [4.69, 9.17) is 0 Å². The largest absolute Gasteiger partial charge is 0.298 e. The van der Waals surface area contributed by atoms with Crippen LogP contribution in [0.3, 0.4) is 0 Å². The lowest BCUT2D eigenvalue weighted by Crippen LogP contribution is -2.01. The molecule has 0 aliphatic heterocycles. The maximum atomic E-state index is 10.4. The van der Waals surface area contributed by atoms with E-state index in [0.717, 1.165) is 12.0 Å². The number of nitrogens with zero attached hydrogens (tertiary/aromatic N) is 4. The first-order chi connectivity index (χ1) is 6.78. The summed E-state index contributed by atoms with van der Waals surface area (Å²) in [7, 11) is 1.86. The second kappa shape index (κ2) is 3.45. The van der Waals surface area contributed by atoms with E-state index in [0.29, 0.717) is 12.1 Å². The van der Waals surface area contributed by atoms with Crippen LogP contribution in [0.2, 0.25) is 0 Å². The molecule has 0 atom stereocenters. The maximum absolute atomic E-state index is 10.4. The molecular weight excluding hydrogens is 180 g/mol. The fraction of sp³-hybridized carbons (Fsp3) is 0.222. The molecule has 2 rings (SSSR count). The van der Waals surface area contributed by atoms with Crippen LogP contribution in [0.15, 0.2) is 24.7 Å². The Kier molecular flexibility index (Phi) is 2.14. The van der Waals surface area contributed by atoms with E-state index < -0.39 is 0 Å². The Bertz CT molecular complexity index is 443. The zero-order valence-corrected chi connectivity index (χ0v) is 7.79. The van der Waals surface area contributed by atoms with Crippen molar-refractivity contribution in [2.24, 2.45) is 7.05 Å². The molecule has 5 heteroatoms. The van der Waals surface area contributed by atoms with Crippen molar-refractivity contribution < 1.29 is 4.79 Å². The van der Waals surface area contributed by atoms with Gasteiger partial charge in [0.15, 0.2) is 6.29 Å². The molecule has 0 saturated carbocycles. The summed E-state index contributed by atoms with van der Waals surface area (Å²) in [5, 5.41) is 8.24. The Morgan fingerprint density at radius 1 is 1.57 bits per heavy atom. The highest BCUT2D eigenvalue weighted by molar-refractivity contribution is 5.73. The van der Waals surface area contributed by atoms with Gasteiger partial charge >= 0.3 is 0 Å². The molecule has 5 nitrogen and oxygen atoms in total. The fourth-order valence-corrected chi connectivity index (χ4v) is 1.24. The summed E-state index contributed by atoms with van der Waals surface area (Å²) in [6.45, 7) is 0.592. The van der Waals surface area contributed by atoms with Gasteiger partial charge in [-0.3, -0.25) is 14.2 Å². The lowest BCUT2D eigenvalue weighted by atomic mass is 10.4. The molecule has 0 aromatic carbocycles. The highest BCUT2D eigenvalue weighted by atomic mass is 16.1. The maximum Gasteiger partial charge on any atom is 0.153 e. The van der Waals surface area contributed by atoms with E-state index in [9.17, 15) is 4.79 Å². The lowest BCUT2D eigenvalue weighted by molar-refractivity contribution is 0.112. The zero-order chi connectivity index (χ0) is 9.97. The molecule has 2 aromatic heterocycles. The number of carbonyl (C=O) groups is 1. The van der Waals surface area contributed by atoms with Crippen molar-refractivity contribution in [3.63, 3.8) is 0 Å². The molecule has 0 amide bonds. The molecule has 0 radical (unpaired) electrons. The van der Waals surface area contributed by atoms with Gasteiger partial charge in [0.05, 0.1) is 24.0 Å². The highest BCUT2D eigenvalue weighted by Gasteiger charge is 2.00. The molecule has 72 valence electrons. The molecule has 2 heterocycles. The first-order valence-corrected chi connectivity index (χ1v) is 4.24. The monoisotopic (exact) mass is 190 g/mol. The van der Waals surface area contributed by atoms with Gasteiger partial charge in [-0.25, -0.2) is 0 Å². The summed E-state index contributed by atoms with van der Waals surface area (Å²) in [5.41, 5.74) is 1.51. The van der Waals surface area contributed by atoms with Gasteiger partial charge < -0.3 is 0 Å². The third kappa shape index (κ3) is 1.71. The van der Waals surface area contributed by atoms with Crippen LogP contribution in [0.1, 0.15) is 16.1 Å². The van der Waals surface area contributed by atoms with Crippen molar-refractivity contribution in [1.29, 1.82) is 0 Å². The van der Waals surface area contributed by atoms with Crippen LogP contribution in [-0.2, 0) is 13.6 Å². The summed E-state index contributed by atoms with van der Waals surface area (Å²) < 4.78 is 3.42. The van der Waals surface area contributed by atoms with E-state index >= 15 is 0 Å². The SMILES string of the molecule is Cn1ccc(Cn2cc(C=O)cn2)n1. The number of carbonyl (C=O) groups excluding carboxylic acids is 1. The number of aldehydes is 1. The average Bonchev–Trinajstić information content (AvgIpc) is 2.76. The lowest BCUT2D eigenvalue weighted by Gasteiger charge is -1.95. The molecule has 0 saturated heterocycles. The van der Waals surface area contributed by atoms with E-state index in [1.807, 2.05) is 19.3 Å². The number of aromatic nitrogens is 4. The fourth-order valence-electron chi connectivity index (χ4n) is 1.24. The summed E-state index contributed by atoms with van der Waals surface area (Å²) >= 11 is 0. The smallest absolute Gasteiger partial charge is 0.153 e. The molecule has 0 bridgehead atoms. The van der Waals surface area contributed by atoms with Crippen LogP contribution >= 0.6 is 0 Å². The van der Waals surface area contributed by atoms with Crippen molar-refractivity contribution in [2.45, 2.75) is 6.54 Å². The highest BCUT2D eigenvalue weighted by Crippen LogP contribution is 1.99. The second-order valence-electron chi connectivity index (χ2n) is 3.07. The first kappa shape index (κ1) is 8.68. The quantitative estimate of drug-likeness (QED) is 0.661. The average molecular weight is 190 g/mol. The molecule has 14 heavy (non-hydrogen) atoms. The molecule has 0 spiro atoms. The number of hydrogen-bond acceptors (Lipinski definition) is 3. The third-order valence-corrected chi connectivity index (χ3v) is 1.88. The number of hydrogen-bond donors (Lipinski definition) is 0. The summed E-state index contributed by atoms with van der Waals surface area (Å²) in [6, 6.07) is 1.92. The molecule has 0 unspecified atom stereocenters. The van der Waals surface area contributed by atoms with Gasteiger partial charge in [0, 0.05) is 19.4 Å². The van der Waals surface area contributed by atoms with Crippen LogP contribution in [-0.4, -0.2) is 25.8 Å². The predicted octanol–water partition coefficient (Wildman–Crippen LogP) is 0.477. The Hall–Kier alpha value is -1.91. The second-order valence-corrected chi connectivity index (χ2v) is 3.07. The van der Waals surface area contributed by atoms with Crippen molar-refractivity contribution in [2.75, 3.05) is 0 Å². The Morgan fingerprint density at radius 3 is 3.00 bits per heavy atom. The minimum absolute atomic E-state index is 0.584. The number of aryl methyl sites for hydroxylation is 1. The van der Waals surface area contributed by atoms with Crippen molar-refractivity contribution in [3.8, 4) is 0 Å². The van der Waals surface area contributed by atoms with Gasteiger partial charge in [0.2, 0.25) is 0 Å². The Labute approximate surface area is 81.0 Å². The van der Waals surface area contributed by atoms with Gasteiger partial charge in [-0.15, -0.1) is 0 Å². The van der Waals surface area contributed by atoms with Crippen LogP contribution in [0.5, 0.6) is 0 Å². The molecule has 2 aromatic rings. The van der Waals surface area contributed by atoms with Crippen LogP contribution in [0, 0.1) is 0 Å². The molecule has 0 aliphatic carbocycles. The summed E-state index contributed by atoms with van der Waals surface area (Å²) in [6.07, 6.45) is 5.89. The summed E-state index contributed by atoms with van der Waals surface area (Å²) in [5.74, 6) is 0. The van der Waals surface area contributed by atoms with Gasteiger partial charge in [0.25, 0.3) is 0 Å². The minimum atomic E-state index is 0.584.